The van der Waals surface area contributed by atoms with Crippen molar-refractivity contribution in [1.82, 2.24) is 0 Å². The molecule has 1 nitrogen and oxygen atoms in total. The monoisotopic (exact) mass is 266 g/mol. The molecule has 0 saturated heterocycles. The molecule has 0 saturated carbocycles. The average molecular weight is 266 g/mol. The van der Waals surface area contributed by atoms with E-state index in [0.29, 0.717) is 6.10 Å². The fourth-order valence-electron chi connectivity index (χ4n) is 3.03. The van der Waals surface area contributed by atoms with E-state index in [2.05, 4.69) is 54.6 Å². The molecule has 0 aromatic heterocycles. The molecule has 1 aliphatic carbocycles. The van der Waals surface area contributed by atoms with Crippen LogP contribution in [0.25, 0.3) is 0 Å². The minimum atomic E-state index is 0.315. The third-order valence-corrected chi connectivity index (χ3v) is 4.09. The lowest BCUT2D eigenvalue weighted by Gasteiger charge is -2.25. The van der Waals surface area contributed by atoms with Gasteiger partial charge < -0.3 is 4.74 Å². The summed E-state index contributed by atoms with van der Waals surface area (Å²) in [6.07, 6.45) is 6.15. The van der Waals surface area contributed by atoms with Crippen LogP contribution in [0.2, 0.25) is 0 Å². The molecular weight excluding hydrogens is 244 g/mol. The maximum absolute atomic E-state index is 6.13. The predicted octanol–water partition coefficient (Wildman–Crippen LogP) is 4.71. The number of ether oxygens (including phenoxy) is 1. The van der Waals surface area contributed by atoms with Crippen LogP contribution in [0.1, 0.15) is 42.1 Å². The SMILES string of the molecule is c1ccc(CCCO[C@@H]2CCCc3ccccc32)cc1. The zero-order valence-corrected chi connectivity index (χ0v) is 11.9. The Morgan fingerprint density at radius 3 is 2.65 bits per heavy atom. The van der Waals surface area contributed by atoms with Crippen molar-refractivity contribution in [2.75, 3.05) is 6.61 Å². The van der Waals surface area contributed by atoms with Gasteiger partial charge in [-0.1, -0.05) is 54.6 Å². The van der Waals surface area contributed by atoms with Crippen LogP contribution in [0.4, 0.5) is 0 Å². The smallest absolute Gasteiger partial charge is 0.0827 e. The Bertz CT molecular complexity index is 532. The average Bonchev–Trinajstić information content (AvgIpc) is 2.53. The quantitative estimate of drug-likeness (QED) is 0.712. The molecule has 0 bridgehead atoms. The van der Waals surface area contributed by atoms with Gasteiger partial charge >= 0.3 is 0 Å². The van der Waals surface area contributed by atoms with E-state index in [-0.39, 0.29) is 0 Å². The molecule has 3 rings (SSSR count). The Balaban J connectivity index is 1.50. The van der Waals surface area contributed by atoms with E-state index < -0.39 is 0 Å². The first kappa shape index (κ1) is 13.4. The lowest BCUT2D eigenvalue weighted by molar-refractivity contribution is 0.0394. The van der Waals surface area contributed by atoms with Gasteiger partial charge in [-0.25, -0.2) is 0 Å². The van der Waals surface area contributed by atoms with Crippen molar-refractivity contribution in [1.29, 1.82) is 0 Å². The van der Waals surface area contributed by atoms with Gasteiger partial charge in [0.1, 0.15) is 0 Å². The van der Waals surface area contributed by atoms with Crippen LogP contribution in [-0.2, 0) is 17.6 Å². The first-order valence-corrected chi connectivity index (χ1v) is 7.67. The molecule has 2 aromatic carbocycles. The number of fused-ring (bicyclic) bond motifs is 1. The highest BCUT2D eigenvalue weighted by molar-refractivity contribution is 5.31. The molecular formula is C19H22O. The number of rotatable bonds is 5. The second-order valence-corrected chi connectivity index (χ2v) is 5.54. The van der Waals surface area contributed by atoms with Crippen molar-refractivity contribution in [2.24, 2.45) is 0 Å². The highest BCUT2D eigenvalue weighted by atomic mass is 16.5. The molecule has 104 valence electrons. The van der Waals surface area contributed by atoms with Crippen LogP contribution >= 0.6 is 0 Å². The topological polar surface area (TPSA) is 9.23 Å². The van der Waals surface area contributed by atoms with Crippen LogP contribution < -0.4 is 0 Å². The first-order chi connectivity index (χ1) is 9.93. The van der Waals surface area contributed by atoms with Gasteiger partial charge in [0.05, 0.1) is 6.10 Å². The molecule has 0 N–H and O–H groups in total. The molecule has 0 radical (unpaired) electrons. The number of aryl methyl sites for hydroxylation is 2. The van der Waals surface area contributed by atoms with Gasteiger partial charge in [0, 0.05) is 6.61 Å². The van der Waals surface area contributed by atoms with Gasteiger partial charge in [-0.05, 0) is 48.8 Å². The van der Waals surface area contributed by atoms with Crippen molar-refractivity contribution < 1.29 is 4.74 Å². The Morgan fingerprint density at radius 2 is 1.75 bits per heavy atom. The number of hydrogen-bond donors (Lipinski definition) is 0. The van der Waals surface area contributed by atoms with Gasteiger partial charge in [0.2, 0.25) is 0 Å². The number of benzene rings is 2. The molecule has 1 heteroatoms. The predicted molar refractivity (Wildman–Crippen MR) is 82.8 cm³/mol. The molecule has 1 aliphatic rings. The number of hydrogen-bond acceptors (Lipinski definition) is 1. The van der Waals surface area contributed by atoms with Crippen LogP contribution in [-0.4, -0.2) is 6.61 Å². The minimum Gasteiger partial charge on any atom is -0.374 e. The Labute approximate surface area is 121 Å². The van der Waals surface area contributed by atoms with E-state index in [1.54, 1.807) is 0 Å². The molecule has 20 heavy (non-hydrogen) atoms. The summed E-state index contributed by atoms with van der Waals surface area (Å²) < 4.78 is 6.13. The maximum atomic E-state index is 6.13. The summed E-state index contributed by atoms with van der Waals surface area (Å²) in [5.74, 6) is 0. The lowest BCUT2D eigenvalue weighted by Crippen LogP contribution is -2.13. The van der Waals surface area contributed by atoms with Crippen LogP contribution in [0.5, 0.6) is 0 Å². The molecule has 0 unspecified atom stereocenters. The molecule has 2 aromatic rings. The van der Waals surface area contributed by atoms with Gasteiger partial charge in [-0.15, -0.1) is 0 Å². The highest BCUT2D eigenvalue weighted by Crippen LogP contribution is 2.32. The lowest BCUT2D eigenvalue weighted by atomic mass is 9.89. The van der Waals surface area contributed by atoms with Crippen LogP contribution in [0.15, 0.2) is 54.6 Å². The summed E-state index contributed by atoms with van der Waals surface area (Å²) in [6.45, 7) is 0.855. The van der Waals surface area contributed by atoms with Crippen LogP contribution in [0.3, 0.4) is 0 Å². The fraction of sp³-hybridized carbons (Fsp3) is 0.368. The van der Waals surface area contributed by atoms with Gasteiger partial charge in [0.15, 0.2) is 0 Å². The highest BCUT2D eigenvalue weighted by Gasteiger charge is 2.19. The summed E-state index contributed by atoms with van der Waals surface area (Å²) in [5, 5.41) is 0. The summed E-state index contributed by atoms with van der Waals surface area (Å²) in [7, 11) is 0. The molecule has 1 atom stereocenters. The summed E-state index contributed by atoms with van der Waals surface area (Å²) in [4.78, 5) is 0. The third kappa shape index (κ3) is 3.29. The molecule has 0 fully saturated rings. The van der Waals surface area contributed by atoms with Crippen molar-refractivity contribution in [3.8, 4) is 0 Å². The molecule has 0 heterocycles. The standard InChI is InChI=1S/C19H22O/c1-2-8-16(9-3-1)10-7-15-20-19-14-6-12-17-11-4-5-13-18(17)19/h1-5,8-9,11,13,19H,6-7,10,12,14-15H2/t19-/m1/s1. The van der Waals surface area contributed by atoms with Gasteiger partial charge in [-0.3, -0.25) is 0 Å². The van der Waals surface area contributed by atoms with E-state index in [4.69, 9.17) is 4.74 Å². The van der Waals surface area contributed by atoms with Gasteiger partial charge in [-0.2, -0.15) is 0 Å². The minimum absolute atomic E-state index is 0.315. The van der Waals surface area contributed by atoms with E-state index in [1.807, 2.05) is 0 Å². The van der Waals surface area contributed by atoms with E-state index in [9.17, 15) is 0 Å². The van der Waals surface area contributed by atoms with E-state index in [0.717, 1.165) is 19.4 Å². The largest absolute Gasteiger partial charge is 0.374 e. The van der Waals surface area contributed by atoms with Crippen molar-refractivity contribution in [2.45, 2.75) is 38.2 Å². The second kappa shape index (κ2) is 6.71. The normalized spacial score (nSPS) is 17.7. The van der Waals surface area contributed by atoms with E-state index >= 15 is 0 Å². The van der Waals surface area contributed by atoms with Crippen molar-refractivity contribution in [3.63, 3.8) is 0 Å². The first-order valence-electron chi connectivity index (χ1n) is 7.67. The third-order valence-electron chi connectivity index (χ3n) is 4.09. The summed E-state index contributed by atoms with van der Waals surface area (Å²) in [5.41, 5.74) is 4.30. The van der Waals surface area contributed by atoms with Crippen LogP contribution in [0, 0.1) is 0 Å². The second-order valence-electron chi connectivity index (χ2n) is 5.54. The summed E-state index contributed by atoms with van der Waals surface area (Å²) >= 11 is 0. The molecule has 0 amide bonds. The molecule has 0 spiro atoms. The van der Waals surface area contributed by atoms with Crippen molar-refractivity contribution >= 4 is 0 Å². The Hall–Kier alpha value is -1.60. The van der Waals surface area contributed by atoms with Crippen molar-refractivity contribution in [3.05, 3.63) is 71.3 Å². The molecule has 0 aliphatic heterocycles. The van der Waals surface area contributed by atoms with E-state index in [1.165, 1.54) is 36.0 Å². The summed E-state index contributed by atoms with van der Waals surface area (Å²) in [6, 6.07) is 19.4. The fourth-order valence-corrected chi connectivity index (χ4v) is 3.03. The zero-order valence-electron chi connectivity index (χ0n) is 11.9. The van der Waals surface area contributed by atoms with Gasteiger partial charge in [0.25, 0.3) is 0 Å². The maximum Gasteiger partial charge on any atom is 0.0827 e. The zero-order chi connectivity index (χ0) is 13.6. The Morgan fingerprint density at radius 1 is 0.950 bits per heavy atom. The Kier molecular flexibility index (Phi) is 4.49.